The summed E-state index contributed by atoms with van der Waals surface area (Å²) in [7, 11) is 0. The third kappa shape index (κ3) is 3.50. The molecule has 0 spiro atoms. The predicted octanol–water partition coefficient (Wildman–Crippen LogP) is 3.93. The van der Waals surface area contributed by atoms with Gasteiger partial charge in [0.2, 0.25) is 0 Å². The number of hydrogen-bond donors (Lipinski definition) is 1. The fourth-order valence-electron chi connectivity index (χ4n) is 2.19. The smallest absolute Gasteiger partial charge is 0.0522 e. The number of hydrogen-bond acceptors (Lipinski definition) is 3. The molecule has 1 aromatic carbocycles. The Bertz CT molecular complexity index is 511. The maximum atomic E-state index is 6.31. The molecule has 0 saturated heterocycles. The SMILES string of the molecule is CCN(Cc1cccs1)c1cccc(Cl)c1CCN. The fourth-order valence-corrected chi connectivity index (χ4v) is 3.18. The van der Waals surface area contributed by atoms with Gasteiger partial charge in [0.25, 0.3) is 0 Å². The van der Waals surface area contributed by atoms with Gasteiger partial charge in [-0.3, -0.25) is 0 Å². The van der Waals surface area contributed by atoms with Crippen molar-refractivity contribution >= 4 is 28.6 Å². The molecule has 1 heterocycles. The van der Waals surface area contributed by atoms with E-state index in [1.807, 2.05) is 12.1 Å². The second-order valence-electron chi connectivity index (χ2n) is 4.37. The number of thiophene rings is 1. The molecule has 0 bridgehead atoms. The van der Waals surface area contributed by atoms with E-state index in [1.165, 1.54) is 10.6 Å². The standard InChI is InChI=1S/C15H19ClN2S/c1-2-18(11-12-5-4-10-19-12)15-7-3-6-14(16)13(15)8-9-17/h3-7,10H,2,8-9,11,17H2,1H3. The van der Waals surface area contributed by atoms with Crippen LogP contribution in [0.2, 0.25) is 5.02 Å². The first-order valence-corrected chi connectivity index (χ1v) is 7.76. The topological polar surface area (TPSA) is 29.3 Å². The first-order valence-electron chi connectivity index (χ1n) is 6.51. The van der Waals surface area contributed by atoms with Crippen molar-refractivity contribution in [2.24, 2.45) is 5.73 Å². The summed E-state index contributed by atoms with van der Waals surface area (Å²) in [4.78, 5) is 3.71. The zero-order valence-electron chi connectivity index (χ0n) is 11.1. The number of rotatable bonds is 6. The van der Waals surface area contributed by atoms with Crippen LogP contribution in [0, 0.1) is 0 Å². The third-order valence-corrected chi connectivity index (χ3v) is 4.35. The van der Waals surface area contributed by atoms with Gasteiger partial charge >= 0.3 is 0 Å². The van der Waals surface area contributed by atoms with Crippen molar-refractivity contribution in [1.82, 2.24) is 0 Å². The minimum atomic E-state index is 0.618. The summed E-state index contributed by atoms with van der Waals surface area (Å²) in [5.41, 5.74) is 8.06. The van der Waals surface area contributed by atoms with Crippen LogP contribution >= 0.6 is 22.9 Å². The van der Waals surface area contributed by atoms with Crippen LogP contribution in [0.1, 0.15) is 17.4 Å². The molecule has 4 heteroatoms. The second kappa shape index (κ2) is 6.94. The third-order valence-electron chi connectivity index (χ3n) is 3.14. The van der Waals surface area contributed by atoms with E-state index in [4.69, 9.17) is 17.3 Å². The molecule has 0 unspecified atom stereocenters. The van der Waals surface area contributed by atoms with Gasteiger partial charge in [-0.25, -0.2) is 0 Å². The first-order chi connectivity index (χ1) is 9.26. The zero-order chi connectivity index (χ0) is 13.7. The molecule has 2 aromatic rings. The Balaban J connectivity index is 2.29. The molecule has 0 aliphatic rings. The van der Waals surface area contributed by atoms with E-state index in [2.05, 4.69) is 35.4 Å². The Morgan fingerprint density at radius 2 is 2.11 bits per heavy atom. The lowest BCUT2D eigenvalue weighted by Crippen LogP contribution is -2.23. The van der Waals surface area contributed by atoms with Crippen LogP contribution in [-0.2, 0) is 13.0 Å². The number of anilines is 1. The van der Waals surface area contributed by atoms with Crippen molar-refractivity contribution in [3.8, 4) is 0 Å². The second-order valence-corrected chi connectivity index (χ2v) is 5.81. The molecule has 19 heavy (non-hydrogen) atoms. The summed E-state index contributed by atoms with van der Waals surface area (Å²) in [6.45, 7) is 4.66. The lowest BCUT2D eigenvalue weighted by atomic mass is 10.1. The van der Waals surface area contributed by atoms with E-state index < -0.39 is 0 Å². The molecule has 0 aliphatic heterocycles. The van der Waals surface area contributed by atoms with Gasteiger partial charge in [-0.1, -0.05) is 23.7 Å². The Kier molecular flexibility index (Phi) is 5.25. The number of nitrogens with two attached hydrogens (primary N) is 1. The molecule has 0 atom stereocenters. The molecule has 0 fully saturated rings. The molecule has 2 nitrogen and oxygen atoms in total. The van der Waals surface area contributed by atoms with E-state index >= 15 is 0 Å². The molecular weight excluding hydrogens is 276 g/mol. The summed E-state index contributed by atoms with van der Waals surface area (Å²) in [5.74, 6) is 0. The van der Waals surface area contributed by atoms with Crippen molar-refractivity contribution in [1.29, 1.82) is 0 Å². The minimum Gasteiger partial charge on any atom is -0.366 e. The van der Waals surface area contributed by atoms with E-state index in [-0.39, 0.29) is 0 Å². The molecule has 2 rings (SSSR count). The van der Waals surface area contributed by atoms with Crippen molar-refractivity contribution in [3.05, 3.63) is 51.2 Å². The molecule has 0 amide bonds. The highest BCUT2D eigenvalue weighted by atomic mass is 35.5. The van der Waals surface area contributed by atoms with Gasteiger partial charge in [0.05, 0.1) is 6.54 Å². The summed E-state index contributed by atoms with van der Waals surface area (Å²) < 4.78 is 0. The summed E-state index contributed by atoms with van der Waals surface area (Å²) in [6.07, 6.45) is 0.815. The van der Waals surface area contributed by atoms with Crippen LogP contribution in [0.25, 0.3) is 0 Å². The fraction of sp³-hybridized carbons (Fsp3) is 0.333. The summed E-state index contributed by atoms with van der Waals surface area (Å²) in [6, 6.07) is 10.3. The monoisotopic (exact) mass is 294 g/mol. The van der Waals surface area contributed by atoms with Crippen molar-refractivity contribution in [2.45, 2.75) is 19.9 Å². The van der Waals surface area contributed by atoms with Crippen LogP contribution in [0.3, 0.4) is 0 Å². The molecule has 102 valence electrons. The van der Waals surface area contributed by atoms with Gasteiger partial charge in [-0.15, -0.1) is 11.3 Å². The molecule has 0 saturated carbocycles. The first kappa shape index (κ1) is 14.4. The van der Waals surface area contributed by atoms with E-state index in [0.717, 1.165) is 30.1 Å². The average molecular weight is 295 g/mol. The lowest BCUT2D eigenvalue weighted by molar-refractivity contribution is 0.828. The Morgan fingerprint density at radius 1 is 1.26 bits per heavy atom. The molecule has 2 N–H and O–H groups in total. The molecule has 1 aromatic heterocycles. The van der Waals surface area contributed by atoms with Crippen molar-refractivity contribution in [2.75, 3.05) is 18.0 Å². The highest BCUT2D eigenvalue weighted by Gasteiger charge is 2.13. The lowest BCUT2D eigenvalue weighted by Gasteiger charge is -2.26. The summed E-state index contributed by atoms with van der Waals surface area (Å²) >= 11 is 8.10. The maximum Gasteiger partial charge on any atom is 0.0522 e. The Labute approximate surface area is 123 Å². The summed E-state index contributed by atoms with van der Waals surface area (Å²) in [5, 5.41) is 2.93. The Morgan fingerprint density at radius 3 is 2.74 bits per heavy atom. The van der Waals surface area contributed by atoms with E-state index in [0.29, 0.717) is 6.54 Å². The van der Waals surface area contributed by atoms with Gasteiger partial charge < -0.3 is 10.6 Å². The highest BCUT2D eigenvalue weighted by Crippen LogP contribution is 2.29. The molecular formula is C15H19ClN2S. The highest BCUT2D eigenvalue weighted by molar-refractivity contribution is 7.09. The van der Waals surface area contributed by atoms with Crippen LogP contribution in [-0.4, -0.2) is 13.1 Å². The predicted molar refractivity (Wildman–Crippen MR) is 85.3 cm³/mol. The van der Waals surface area contributed by atoms with Gasteiger partial charge in [0.15, 0.2) is 0 Å². The Hall–Kier alpha value is -1.03. The molecule has 0 aliphatic carbocycles. The molecule has 0 radical (unpaired) electrons. The van der Waals surface area contributed by atoms with Crippen LogP contribution in [0.4, 0.5) is 5.69 Å². The number of halogens is 1. The van der Waals surface area contributed by atoms with Gasteiger partial charge in [-0.05, 0) is 49.0 Å². The zero-order valence-corrected chi connectivity index (χ0v) is 12.7. The minimum absolute atomic E-state index is 0.618. The van der Waals surface area contributed by atoms with Crippen molar-refractivity contribution < 1.29 is 0 Å². The number of nitrogens with zero attached hydrogens (tertiary/aromatic N) is 1. The quantitative estimate of drug-likeness (QED) is 0.875. The van der Waals surface area contributed by atoms with E-state index in [9.17, 15) is 0 Å². The van der Waals surface area contributed by atoms with Crippen molar-refractivity contribution in [3.63, 3.8) is 0 Å². The van der Waals surface area contributed by atoms with Crippen LogP contribution in [0.5, 0.6) is 0 Å². The maximum absolute atomic E-state index is 6.31. The van der Waals surface area contributed by atoms with Crippen LogP contribution in [0.15, 0.2) is 35.7 Å². The van der Waals surface area contributed by atoms with Gasteiger partial charge in [0.1, 0.15) is 0 Å². The number of benzene rings is 1. The largest absolute Gasteiger partial charge is 0.366 e. The van der Waals surface area contributed by atoms with Gasteiger partial charge in [-0.2, -0.15) is 0 Å². The van der Waals surface area contributed by atoms with Gasteiger partial charge in [0, 0.05) is 22.1 Å². The normalized spacial score (nSPS) is 10.7. The van der Waals surface area contributed by atoms with Crippen LogP contribution < -0.4 is 10.6 Å². The van der Waals surface area contributed by atoms with E-state index in [1.54, 1.807) is 11.3 Å². The average Bonchev–Trinajstić information content (AvgIpc) is 2.92.